The Morgan fingerprint density at radius 2 is 2.42 bits per heavy atom. The molecule has 6 heteroatoms. The van der Waals surface area contributed by atoms with Crippen LogP contribution in [0.4, 0.5) is 5.95 Å². The van der Waals surface area contributed by atoms with Crippen LogP contribution in [-0.4, -0.2) is 40.6 Å². The Morgan fingerprint density at radius 3 is 3.05 bits per heavy atom. The van der Waals surface area contributed by atoms with Gasteiger partial charge in [0.25, 0.3) is 0 Å². The Balaban J connectivity index is 2.52. The molecule has 0 saturated carbocycles. The number of hydrogen-bond acceptors (Lipinski definition) is 6. The first-order valence-electron chi connectivity index (χ1n) is 5.94. The first-order valence-corrected chi connectivity index (χ1v) is 7.10. The number of carbonyl (C=O) groups excluding carboxylic acids is 1. The predicted molar refractivity (Wildman–Crippen MR) is 77.4 cm³/mol. The van der Waals surface area contributed by atoms with Crippen LogP contribution in [0.5, 0.6) is 0 Å². The second kappa shape index (κ2) is 8.38. The molecule has 0 bridgehead atoms. The number of aryl methyl sites for hydroxylation is 1. The highest BCUT2D eigenvalue weighted by molar-refractivity contribution is 7.99. The largest absolute Gasteiger partial charge is 0.462 e. The van der Waals surface area contributed by atoms with Gasteiger partial charge in [-0.15, -0.1) is 18.2 Å². The smallest absolute Gasteiger partial charge is 0.341 e. The van der Waals surface area contributed by atoms with Crippen LogP contribution in [0, 0.1) is 19.3 Å². The van der Waals surface area contributed by atoms with Gasteiger partial charge >= 0.3 is 5.97 Å². The zero-order valence-electron chi connectivity index (χ0n) is 11.1. The summed E-state index contributed by atoms with van der Waals surface area (Å²) in [5.41, 5.74) is 1.00. The average Bonchev–Trinajstić information content (AvgIpc) is 2.39. The summed E-state index contributed by atoms with van der Waals surface area (Å²) in [6.45, 7) is 4.58. The fourth-order valence-electron chi connectivity index (χ4n) is 1.33. The van der Waals surface area contributed by atoms with Crippen molar-refractivity contribution < 1.29 is 9.53 Å². The summed E-state index contributed by atoms with van der Waals surface area (Å²) < 4.78 is 4.91. The maximum atomic E-state index is 11.6. The predicted octanol–water partition coefficient (Wildman–Crippen LogP) is 1.74. The highest BCUT2D eigenvalue weighted by Crippen LogP contribution is 2.09. The average molecular weight is 279 g/mol. The van der Waals surface area contributed by atoms with E-state index in [1.54, 1.807) is 25.6 Å². The van der Waals surface area contributed by atoms with Crippen LogP contribution in [0.3, 0.4) is 0 Å². The molecule has 5 nitrogen and oxygen atoms in total. The van der Waals surface area contributed by atoms with E-state index in [-0.39, 0.29) is 0 Å². The van der Waals surface area contributed by atoms with Gasteiger partial charge in [0.15, 0.2) is 0 Å². The third-order valence-electron chi connectivity index (χ3n) is 2.19. The Bertz CT molecular complexity index is 471. The van der Waals surface area contributed by atoms with Crippen molar-refractivity contribution in [3.63, 3.8) is 0 Å². The Hall–Kier alpha value is -1.74. The SMILES string of the molecule is C#CCSCCNc1ncc(C(=O)OCC)c(C)n1. The zero-order chi connectivity index (χ0) is 14.1. The summed E-state index contributed by atoms with van der Waals surface area (Å²) in [5, 5.41) is 3.08. The lowest BCUT2D eigenvalue weighted by molar-refractivity contribution is 0.0524. The van der Waals surface area contributed by atoms with E-state index in [9.17, 15) is 4.79 Å². The number of nitrogens with one attached hydrogen (secondary N) is 1. The quantitative estimate of drug-likeness (QED) is 0.466. The van der Waals surface area contributed by atoms with E-state index in [1.807, 2.05) is 0 Å². The van der Waals surface area contributed by atoms with Crippen LogP contribution in [0.2, 0.25) is 0 Å². The zero-order valence-corrected chi connectivity index (χ0v) is 11.9. The Kier molecular flexibility index (Phi) is 6.75. The van der Waals surface area contributed by atoms with Gasteiger partial charge in [0.1, 0.15) is 0 Å². The normalized spacial score (nSPS) is 9.74. The van der Waals surface area contributed by atoms with Gasteiger partial charge in [-0.05, 0) is 13.8 Å². The van der Waals surface area contributed by atoms with E-state index >= 15 is 0 Å². The monoisotopic (exact) mass is 279 g/mol. The molecular weight excluding hydrogens is 262 g/mol. The highest BCUT2D eigenvalue weighted by Gasteiger charge is 2.12. The standard InChI is InChI=1S/C13H17N3O2S/c1-4-7-19-8-6-14-13-15-9-11(10(3)16-13)12(17)18-5-2/h1,9H,5-8H2,2-3H3,(H,14,15,16). The molecule has 0 saturated heterocycles. The summed E-state index contributed by atoms with van der Waals surface area (Å²) in [4.78, 5) is 19.9. The molecule has 0 aliphatic carbocycles. The van der Waals surface area contributed by atoms with E-state index < -0.39 is 5.97 Å². The maximum absolute atomic E-state index is 11.6. The molecule has 1 aromatic rings. The second-order valence-corrected chi connectivity index (χ2v) is 4.70. The molecule has 1 N–H and O–H groups in total. The van der Waals surface area contributed by atoms with Gasteiger partial charge in [0.05, 0.1) is 23.6 Å². The first kappa shape index (κ1) is 15.3. The van der Waals surface area contributed by atoms with Crippen molar-refractivity contribution in [3.8, 4) is 12.3 Å². The molecule has 0 unspecified atom stereocenters. The van der Waals surface area contributed by atoms with E-state index in [0.717, 1.165) is 12.3 Å². The molecule has 102 valence electrons. The van der Waals surface area contributed by atoms with Crippen molar-refractivity contribution in [1.29, 1.82) is 0 Å². The van der Waals surface area contributed by atoms with Crippen LogP contribution < -0.4 is 5.32 Å². The summed E-state index contributed by atoms with van der Waals surface area (Å²) in [6.07, 6.45) is 6.63. The molecule has 0 radical (unpaired) electrons. The molecule has 0 spiro atoms. The fourth-order valence-corrected chi connectivity index (χ4v) is 1.84. The van der Waals surface area contributed by atoms with Gasteiger partial charge in [-0.3, -0.25) is 0 Å². The molecular formula is C13H17N3O2S. The van der Waals surface area contributed by atoms with Gasteiger partial charge in [-0.1, -0.05) is 5.92 Å². The number of nitrogens with zero attached hydrogens (tertiary/aromatic N) is 2. The number of thioether (sulfide) groups is 1. The van der Waals surface area contributed by atoms with Crippen molar-refractivity contribution >= 4 is 23.7 Å². The number of rotatable bonds is 7. The van der Waals surface area contributed by atoms with Gasteiger partial charge in [0.2, 0.25) is 5.95 Å². The van der Waals surface area contributed by atoms with Crippen LogP contribution in [0.15, 0.2) is 6.20 Å². The van der Waals surface area contributed by atoms with Crippen LogP contribution in [0.1, 0.15) is 23.0 Å². The van der Waals surface area contributed by atoms with Crippen LogP contribution >= 0.6 is 11.8 Å². The fraction of sp³-hybridized carbons (Fsp3) is 0.462. The molecule has 0 atom stereocenters. The minimum atomic E-state index is -0.392. The van der Waals surface area contributed by atoms with Crippen molar-refractivity contribution in [1.82, 2.24) is 9.97 Å². The number of ether oxygens (including phenoxy) is 1. The lowest BCUT2D eigenvalue weighted by Crippen LogP contribution is -2.12. The number of esters is 1. The number of hydrogen-bond donors (Lipinski definition) is 1. The highest BCUT2D eigenvalue weighted by atomic mass is 32.2. The minimum Gasteiger partial charge on any atom is -0.462 e. The maximum Gasteiger partial charge on any atom is 0.341 e. The van der Waals surface area contributed by atoms with E-state index in [1.165, 1.54) is 6.20 Å². The summed E-state index contributed by atoms with van der Waals surface area (Å²) in [7, 11) is 0. The Labute approximate surface area is 117 Å². The summed E-state index contributed by atoms with van der Waals surface area (Å²) in [5.74, 6) is 4.25. The second-order valence-electron chi connectivity index (χ2n) is 3.60. The lowest BCUT2D eigenvalue weighted by Gasteiger charge is -2.07. The third kappa shape index (κ3) is 5.18. The molecule has 0 aliphatic rings. The topological polar surface area (TPSA) is 64.1 Å². The van der Waals surface area contributed by atoms with Crippen LogP contribution in [-0.2, 0) is 4.74 Å². The molecule has 0 fully saturated rings. The van der Waals surface area contributed by atoms with Crippen LogP contribution in [0.25, 0.3) is 0 Å². The number of terminal acetylenes is 1. The van der Waals surface area contributed by atoms with E-state index in [4.69, 9.17) is 11.2 Å². The van der Waals surface area contributed by atoms with Crippen molar-refractivity contribution in [2.75, 3.05) is 30.0 Å². The van der Waals surface area contributed by atoms with E-state index in [0.29, 0.717) is 29.6 Å². The lowest BCUT2D eigenvalue weighted by atomic mass is 10.2. The number of anilines is 1. The molecule has 1 rings (SSSR count). The van der Waals surface area contributed by atoms with E-state index in [2.05, 4.69) is 21.2 Å². The molecule has 0 amide bonds. The summed E-state index contributed by atoms with van der Waals surface area (Å²) >= 11 is 1.66. The first-order chi connectivity index (χ1) is 9.19. The van der Waals surface area contributed by atoms with Gasteiger partial charge < -0.3 is 10.1 Å². The van der Waals surface area contributed by atoms with Crippen molar-refractivity contribution in [2.45, 2.75) is 13.8 Å². The number of carbonyl (C=O) groups is 1. The number of aromatic nitrogens is 2. The third-order valence-corrected chi connectivity index (χ3v) is 3.05. The molecule has 0 aromatic carbocycles. The summed E-state index contributed by atoms with van der Waals surface area (Å²) in [6, 6.07) is 0. The molecule has 1 heterocycles. The molecule has 1 aromatic heterocycles. The molecule has 19 heavy (non-hydrogen) atoms. The minimum absolute atomic E-state index is 0.338. The van der Waals surface area contributed by atoms with Gasteiger partial charge in [0, 0.05) is 18.5 Å². The van der Waals surface area contributed by atoms with Crippen molar-refractivity contribution in [3.05, 3.63) is 17.5 Å². The Morgan fingerprint density at radius 1 is 1.63 bits per heavy atom. The molecule has 0 aliphatic heterocycles. The van der Waals surface area contributed by atoms with Crippen molar-refractivity contribution in [2.24, 2.45) is 0 Å². The van der Waals surface area contributed by atoms with Gasteiger partial charge in [-0.2, -0.15) is 0 Å². The van der Waals surface area contributed by atoms with Gasteiger partial charge in [-0.25, -0.2) is 14.8 Å².